The summed E-state index contributed by atoms with van der Waals surface area (Å²) in [4.78, 5) is 4.84. The van der Waals surface area contributed by atoms with Crippen molar-refractivity contribution >= 4 is 21.7 Å². The Bertz CT molecular complexity index is 949. The van der Waals surface area contributed by atoms with Gasteiger partial charge in [0.2, 0.25) is 0 Å². The van der Waals surface area contributed by atoms with Crippen LogP contribution in [-0.4, -0.2) is 4.98 Å². The third-order valence-electron chi connectivity index (χ3n) is 3.91. The van der Waals surface area contributed by atoms with Crippen LogP contribution in [0, 0.1) is 6.92 Å². The van der Waals surface area contributed by atoms with Crippen molar-refractivity contribution in [2.24, 2.45) is 0 Å². The first-order chi connectivity index (χ1) is 10.3. The first-order valence-electron chi connectivity index (χ1n) is 7.17. The molecule has 0 N–H and O–H groups in total. The third-order valence-corrected chi connectivity index (χ3v) is 3.91. The molecule has 4 aromatic rings. The minimum Gasteiger partial charge on any atom is -0.248 e. The van der Waals surface area contributed by atoms with Crippen LogP contribution < -0.4 is 0 Å². The van der Waals surface area contributed by atoms with Crippen LogP contribution in [0.5, 0.6) is 0 Å². The molecule has 1 heterocycles. The molecular weight excluding hydrogens is 254 g/mol. The van der Waals surface area contributed by atoms with Gasteiger partial charge in [-0.3, -0.25) is 0 Å². The van der Waals surface area contributed by atoms with Crippen molar-refractivity contribution in [3.63, 3.8) is 0 Å². The number of aryl methyl sites for hydroxylation is 1. The average Bonchev–Trinajstić information content (AvgIpc) is 2.54. The van der Waals surface area contributed by atoms with Crippen molar-refractivity contribution < 1.29 is 0 Å². The van der Waals surface area contributed by atoms with E-state index in [1.54, 1.807) is 0 Å². The summed E-state index contributed by atoms with van der Waals surface area (Å²) in [5.74, 6) is 0. The predicted octanol–water partition coefficient (Wildman–Crippen LogP) is 5.36. The monoisotopic (exact) mass is 269 g/mol. The molecule has 0 amide bonds. The predicted molar refractivity (Wildman–Crippen MR) is 89.4 cm³/mol. The summed E-state index contributed by atoms with van der Waals surface area (Å²) in [7, 11) is 0. The van der Waals surface area contributed by atoms with Crippen LogP contribution >= 0.6 is 0 Å². The second kappa shape index (κ2) is 4.71. The van der Waals surface area contributed by atoms with E-state index in [4.69, 9.17) is 4.98 Å². The Kier molecular flexibility index (Phi) is 2.71. The average molecular weight is 269 g/mol. The Labute approximate surface area is 123 Å². The van der Waals surface area contributed by atoms with E-state index < -0.39 is 0 Å². The lowest BCUT2D eigenvalue weighted by Crippen LogP contribution is -1.87. The van der Waals surface area contributed by atoms with Gasteiger partial charge in [0.05, 0.1) is 11.2 Å². The normalized spacial score (nSPS) is 11.1. The highest BCUT2D eigenvalue weighted by molar-refractivity contribution is 5.96. The van der Waals surface area contributed by atoms with Crippen LogP contribution in [0.4, 0.5) is 0 Å². The summed E-state index contributed by atoms with van der Waals surface area (Å²) in [6.45, 7) is 2.11. The van der Waals surface area contributed by atoms with Crippen LogP contribution in [0.25, 0.3) is 32.9 Å². The molecule has 0 saturated carbocycles. The molecule has 1 nitrogen and oxygen atoms in total. The van der Waals surface area contributed by atoms with Crippen molar-refractivity contribution in [1.82, 2.24) is 4.98 Å². The number of benzene rings is 3. The molecule has 3 aromatic carbocycles. The molecule has 4 rings (SSSR count). The van der Waals surface area contributed by atoms with Gasteiger partial charge in [-0.2, -0.15) is 0 Å². The SMILES string of the molecule is Cc1ccc2nc(-c3cccc4ccccc34)ccc2c1. The van der Waals surface area contributed by atoms with E-state index in [1.165, 1.54) is 27.3 Å². The Morgan fingerprint density at radius 1 is 0.714 bits per heavy atom. The highest BCUT2D eigenvalue weighted by Crippen LogP contribution is 2.28. The molecular formula is C20H15N. The van der Waals surface area contributed by atoms with E-state index >= 15 is 0 Å². The van der Waals surface area contributed by atoms with Crippen molar-refractivity contribution in [1.29, 1.82) is 0 Å². The Morgan fingerprint density at radius 2 is 1.57 bits per heavy atom. The van der Waals surface area contributed by atoms with Crippen molar-refractivity contribution in [2.75, 3.05) is 0 Å². The standard InChI is InChI=1S/C20H15N/c1-14-9-11-19-16(13-14)10-12-20(21-19)18-8-4-6-15-5-2-3-7-17(15)18/h2-13H,1H3. The van der Waals surface area contributed by atoms with Crippen LogP contribution in [0.2, 0.25) is 0 Å². The lowest BCUT2D eigenvalue weighted by atomic mass is 10.0. The van der Waals surface area contributed by atoms with E-state index in [0.717, 1.165) is 11.2 Å². The lowest BCUT2D eigenvalue weighted by molar-refractivity contribution is 1.39. The number of hydrogen-bond donors (Lipinski definition) is 0. The molecule has 0 atom stereocenters. The van der Waals surface area contributed by atoms with Gasteiger partial charge in [-0.25, -0.2) is 4.98 Å². The summed E-state index contributed by atoms with van der Waals surface area (Å²) >= 11 is 0. The number of fused-ring (bicyclic) bond motifs is 2. The molecule has 0 aliphatic carbocycles. The summed E-state index contributed by atoms with van der Waals surface area (Å²) in [5.41, 5.74) is 4.53. The van der Waals surface area contributed by atoms with E-state index in [1.807, 2.05) is 0 Å². The van der Waals surface area contributed by atoms with Gasteiger partial charge in [-0.15, -0.1) is 0 Å². The fourth-order valence-electron chi connectivity index (χ4n) is 2.84. The Morgan fingerprint density at radius 3 is 2.52 bits per heavy atom. The first kappa shape index (κ1) is 12.1. The molecule has 0 bridgehead atoms. The molecule has 0 saturated heterocycles. The Hall–Kier alpha value is -2.67. The van der Waals surface area contributed by atoms with E-state index in [-0.39, 0.29) is 0 Å². The molecule has 1 aromatic heterocycles. The minimum atomic E-state index is 1.03. The quantitative estimate of drug-likeness (QED) is 0.453. The summed E-state index contributed by atoms with van der Waals surface area (Å²) < 4.78 is 0. The fourth-order valence-corrected chi connectivity index (χ4v) is 2.84. The molecule has 21 heavy (non-hydrogen) atoms. The molecule has 0 radical (unpaired) electrons. The van der Waals surface area contributed by atoms with E-state index in [0.29, 0.717) is 0 Å². The molecule has 1 heteroatoms. The highest BCUT2D eigenvalue weighted by Gasteiger charge is 2.05. The van der Waals surface area contributed by atoms with Crippen LogP contribution in [0.1, 0.15) is 5.56 Å². The van der Waals surface area contributed by atoms with Gasteiger partial charge < -0.3 is 0 Å². The van der Waals surface area contributed by atoms with Crippen LogP contribution in [0.15, 0.2) is 72.8 Å². The molecule has 0 unspecified atom stereocenters. The number of nitrogens with zero attached hydrogens (tertiary/aromatic N) is 1. The molecule has 0 fully saturated rings. The number of pyridine rings is 1. The smallest absolute Gasteiger partial charge is 0.0715 e. The van der Waals surface area contributed by atoms with Crippen LogP contribution in [-0.2, 0) is 0 Å². The van der Waals surface area contributed by atoms with Crippen LogP contribution in [0.3, 0.4) is 0 Å². The van der Waals surface area contributed by atoms with E-state index in [2.05, 4.69) is 79.7 Å². The van der Waals surface area contributed by atoms with Gasteiger partial charge >= 0.3 is 0 Å². The second-order valence-corrected chi connectivity index (χ2v) is 5.42. The van der Waals surface area contributed by atoms with Gasteiger partial charge in [-0.05, 0) is 35.9 Å². The lowest BCUT2D eigenvalue weighted by Gasteiger charge is -2.07. The largest absolute Gasteiger partial charge is 0.248 e. The number of aromatic nitrogens is 1. The zero-order valence-corrected chi connectivity index (χ0v) is 11.9. The maximum Gasteiger partial charge on any atom is 0.0715 e. The van der Waals surface area contributed by atoms with Crippen molar-refractivity contribution in [2.45, 2.75) is 6.92 Å². The van der Waals surface area contributed by atoms with Gasteiger partial charge in [0.1, 0.15) is 0 Å². The maximum absolute atomic E-state index is 4.84. The minimum absolute atomic E-state index is 1.03. The van der Waals surface area contributed by atoms with Crippen molar-refractivity contribution in [3.8, 4) is 11.3 Å². The van der Waals surface area contributed by atoms with Gasteiger partial charge in [-0.1, -0.05) is 60.2 Å². The highest BCUT2D eigenvalue weighted by atomic mass is 14.7. The Balaban J connectivity index is 1.98. The molecule has 0 spiro atoms. The fraction of sp³-hybridized carbons (Fsp3) is 0.0500. The topological polar surface area (TPSA) is 12.9 Å². The zero-order chi connectivity index (χ0) is 14.2. The zero-order valence-electron chi connectivity index (χ0n) is 11.9. The van der Waals surface area contributed by atoms with Gasteiger partial charge in [0, 0.05) is 10.9 Å². The molecule has 0 aliphatic rings. The first-order valence-corrected chi connectivity index (χ1v) is 7.17. The van der Waals surface area contributed by atoms with Gasteiger partial charge in [0.15, 0.2) is 0 Å². The third kappa shape index (κ3) is 2.07. The maximum atomic E-state index is 4.84. The molecule has 0 aliphatic heterocycles. The number of rotatable bonds is 1. The molecule has 100 valence electrons. The summed E-state index contributed by atoms with van der Waals surface area (Å²) in [6.07, 6.45) is 0. The van der Waals surface area contributed by atoms with Gasteiger partial charge in [0.25, 0.3) is 0 Å². The number of hydrogen-bond acceptors (Lipinski definition) is 1. The summed E-state index contributed by atoms with van der Waals surface area (Å²) in [5, 5.41) is 3.69. The summed E-state index contributed by atoms with van der Waals surface area (Å²) in [6, 6.07) is 25.5. The van der Waals surface area contributed by atoms with Crippen molar-refractivity contribution in [3.05, 3.63) is 78.4 Å². The van der Waals surface area contributed by atoms with E-state index in [9.17, 15) is 0 Å². The second-order valence-electron chi connectivity index (χ2n) is 5.42.